The molecule has 0 fully saturated rings. The molecule has 21 heavy (non-hydrogen) atoms. The van der Waals surface area contributed by atoms with E-state index < -0.39 is 0 Å². The standard InChI is InChI=1S/C15H19N5O/c1-10(11-6-4-5-7-12(11)16)17-14-9-8-13(18-19-14)15(21)20(2)3/h4-10H,16H2,1-3H3,(H,17,19). The second kappa shape index (κ2) is 6.21. The highest BCUT2D eigenvalue weighted by Crippen LogP contribution is 2.22. The van der Waals surface area contributed by atoms with Crippen molar-refractivity contribution < 1.29 is 4.79 Å². The molecule has 0 saturated heterocycles. The number of hydrogen-bond acceptors (Lipinski definition) is 5. The molecule has 3 N–H and O–H groups in total. The molecule has 0 bridgehead atoms. The summed E-state index contributed by atoms with van der Waals surface area (Å²) in [6.07, 6.45) is 0. The van der Waals surface area contributed by atoms with Crippen LogP contribution in [-0.4, -0.2) is 35.1 Å². The van der Waals surface area contributed by atoms with Gasteiger partial charge in [-0.2, -0.15) is 0 Å². The highest BCUT2D eigenvalue weighted by molar-refractivity contribution is 5.91. The number of benzene rings is 1. The zero-order valence-corrected chi connectivity index (χ0v) is 12.4. The Kier molecular flexibility index (Phi) is 4.37. The minimum Gasteiger partial charge on any atom is -0.398 e. The zero-order chi connectivity index (χ0) is 15.4. The number of amides is 1. The molecule has 0 radical (unpaired) electrons. The first-order valence-electron chi connectivity index (χ1n) is 6.65. The first kappa shape index (κ1) is 14.8. The predicted octanol–water partition coefficient (Wildman–Crippen LogP) is 1.93. The van der Waals surface area contributed by atoms with Crippen LogP contribution < -0.4 is 11.1 Å². The van der Waals surface area contributed by atoms with Gasteiger partial charge in [0.15, 0.2) is 5.69 Å². The van der Waals surface area contributed by atoms with Crippen LogP contribution in [-0.2, 0) is 0 Å². The molecular weight excluding hydrogens is 266 g/mol. The van der Waals surface area contributed by atoms with Gasteiger partial charge in [0.1, 0.15) is 5.82 Å². The average molecular weight is 285 g/mol. The summed E-state index contributed by atoms with van der Waals surface area (Å²) in [5.74, 6) is 0.426. The van der Waals surface area contributed by atoms with Crippen molar-refractivity contribution in [3.63, 3.8) is 0 Å². The number of rotatable bonds is 4. The van der Waals surface area contributed by atoms with Crippen molar-refractivity contribution in [3.8, 4) is 0 Å². The third kappa shape index (κ3) is 3.47. The van der Waals surface area contributed by atoms with Crippen molar-refractivity contribution in [2.45, 2.75) is 13.0 Å². The van der Waals surface area contributed by atoms with Crippen LogP contribution in [0.5, 0.6) is 0 Å². The molecule has 1 unspecified atom stereocenters. The van der Waals surface area contributed by atoms with E-state index in [1.54, 1.807) is 26.2 Å². The molecule has 1 atom stereocenters. The molecule has 110 valence electrons. The number of nitrogen functional groups attached to an aromatic ring is 1. The van der Waals surface area contributed by atoms with Crippen molar-refractivity contribution >= 4 is 17.4 Å². The van der Waals surface area contributed by atoms with E-state index in [9.17, 15) is 4.79 Å². The van der Waals surface area contributed by atoms with Gasteiger partial charge in [0, 0.05) is 19.8 Å². The molecule has 1 aromatic carbocycles. The van der Waals surface area contributed by atoms with Crippen molar-refractivity contribution in [1.29, 1.82) is 0 Å². The monoisotopic (exact) mass is 285 g/mol. The van der Waals surface area contributed by atoms with Gasteiger partial charge in [-0.1, -0.05) is 18.2 Å². The fourth-order valence-corrected chi connectivity index (χ4v) is 1.96. The minimum atomic E-state index is -0.172. The smallest absolute Gasteiger partial charge is 0.273 e. The number of anilines is 2. The molecule has 0 aliphatic rings. The summed E-state index contributed by atoms with van der Waals surface area (Å²) in [7, 11) is 3.35. The van der Waals surface area contributed by atoms with E-state index in [1.807, 2.05) is 31.2 Å². The third-order valence-corrected chi connectivity index (χ3v) is 3.12. The molecular formula is C15H19N5O. The van der Waals surface area contributed by atoms with E-state index in [0.29, 0.717) is 11.5 Å². The van der Waals surface area contributed by atoms with Crippen LogP contribution in [0.3, 0.4) is 0 Å². The number of hydrogen-bond donors (Lipinski definition) is 2. The quantitative estimate of drug-likeness (QED) is 0.839. The van der Waals surface area contributed by atoms with Crippen LogP contribution in [0.25, 0.3) is 0 Å². The lowest BCUT2D eigenvalue weighted by Gasteiger charge is -2.16. The molecule has 1 amide bonds. The number of nitrogens with two attached hydrogens (primary N) is 1. The molecule has 2 rings (SSSR count). The Bertz CT molecular complexity index is 624. The molecule has 6 nitrogen and oxygen atoms in total. The van der Waals surface area contributed by atoms with Crippen LogP contribution in [0.4, 0.5) is 11.5 Å². The minimum absolute atomic E-state index is 0.00380. The van der Waals surface area contributed by atoms with Gasteiger partial charge < -0.3 is 16.0 Å². The van der Waals surface area contributed by atoms with Crippen LogP contribution in [0, 0.1) is 0 Å². The maximum Gasteiger partial charge on any atom is 0.273 e. The summed E-state index contributed by atoms with van der Waals surface area (Å²) in [6, 6.07) is 11.0. The topological polar surface area (TPSA) is 84.1 Å². The Morgan fingerprint density at radius 3 is 2.48 bits per heavy atom. The largest absolute Gasteiger partial charge is 0.398 e. The second-order valence-corrected chi connectivity index (χ2v) is 5.00. The lowest BCUT2D eigenvalue weighted by molar-refractivity contribution is 0.0821. The highest BCUT2D eigenvalue weighted by Gasteiger charge is 2.12. The van der Waals surface area contributed by atoms with E-state index in [0.717, 1.165) is 11.3 Å². The molecule has 0 spiro atoms. The predicted molar refractivity (Wildman–Crippen MR) is 82.9 cm³/mol. The number of aromatic nitrogens is 2. The lowest BCUT2D eigenvalue weighted by Crippen LogP contribution is -2.23. The normalized spacial score (nSPS) is 11.8. The number of para-hydroxylation sites is 1. The fraction of sp³-hybridized carbons (Fsp3) is 0.267. The summed E-state index contributed by atoms with van der Waals surface area (Å²) in [5.41, 5.74) is 7.98. The maximum atomic E-state index is 11.7. The first-order chi connectivity index (χ1) is 9.99. The molecule has 2 aromatic rings. The van der Waals surface area contributed by atoms with Gasteiger partial charge in [0.2, 0.25) is 0 Å². The zero-order valence-electron chi connectivity index (χ0n) is 12.4. The molecule has 1 aromatic heterocycles. The van der Waals surface area contributed by atoms with E-state index in [2.05, 4.69) is 15.5 Å². The van der Waals surface area contributed by atoms with Gasteiger partial charge >= 0.3 is 0 Å². The summed E-state index contributed by atoms with van der Waals surface area (Å²) in [6.45, 7) is 1.99. The van der Waals surface area contributed by atoms with E-state index >= 15 is 0 Å². The van der Waals surface area contributed by atoms with Gasteiger partial charge in [-0.05, 0) is 30.7 Å². The van der Waals surface area contributed by atoms with Crippen LogP contribution in [0.15, 0.2) is 36.4 Å². The Morgan fingerprint density at radius 2 is 1.90 bits per heavy atom. The summed E-state index contributed by atoms with van der Waals surface area (Å²) in [4.78, 5) is 13.2. The number of nitrogens with zero attached hydrogens (tertiary/aromatic N) is 3. The third-order valence-electron chi connectivity index (χ3n) is 3.12. The summed E-state index contributed by atoms with van der Waals surface area (Å²) in [5, 5.41) is 11.2. The number of nitrogens with one attached hydrogen (secondary N) is 1. The van der Waals surface area contributed by atoms with E-state index in [4.69, 9.17) is 5.73 Å². The van der Waals surface area contributed by atoms with Crippen LogP contribution in [0.1, 0.15) is 29.0 Å². The molecule has 0 aliphatic carbocycles. The van der Waals surface area contributed by atoms with E-state index in [1.165, 1.54) is 4.90 Å². The molecule has 6 heteroatoms. The second-order valence-electron chi connectivity index (χ2n) is 5.00. The first-order valence-corrected chi connectivity index (χ1v) is 6.65. The van der Waals surface area contributed by atoms with Gasteiger partial charge in [-0.15, -0.1) is 10.2 Å². The maximum absolute atomic E-state index is 11.7. The fourth-order valence-electron chi connectivity index (χ4n) is 1.96. The van der Waals surface area contributed by atoms with Gasteiger partial charge in [0.25, 0.3) is 5.91 Å². The number of carbonyl (C=O) groups excluding carboxylic acids is 1. The molecule has 0 aliphatic heterocycles. The van der Waals surface area contributed by atoms with Crippen molar-refractivity contribution in [2.75, 3.05) is 25.1 Å². The summed E-state index contributed by atoms with van der Waals surface area (Å²) < 4.78 is 0. The molecule has 0 saturated carbocycles. The Morgan fingerprint density at radius 1 is 1.19 bits per heavy atom. The Hall–Kier alpha value is -2.63. The van der Waals surface area contributed by atoms with Crippen molar-refractivity contribution in [1.82, 2.24) is 15.1 Å². The summed E-state index contributed by atoms with van der Waals surface area (Å²) >= 11 is 0. The Labute approximate surface area is 124 Å². The van der Waals surface area contributed by atoms with Gasteiger partial charge in [0.05, 0.1) is 6.04 Å². The van der Waals surface area contributed by atoms with Gasteiger partial charge in [-0.25, -0.2) is 0 Å². The van der Waals surface area contributed by atoms with Crippen molar-refractivity contribution in [2.24, 2.45) is 0 Å². The van der Waals surface area contributed by atoms with Crippen LogP contribution >= 0.6 is 0 Å². The Balaban J connectivity index is 2.10. The lowest BCUT2D eigenvalue weighted by atomic mass is 10.1. The van der Waals surface area contributed by atoms with Gasteiger partial charge in [-0.3, -0.25) is 4.79 Å². The highest BCUT2D eigenvalue weighted by atomic mass is 16.2. The average Bonchev–Trinajstić information content (AvgIpc) is 2.47. The number of carbonyl (C=O) groups is 1. The van der Waals surface area contributed by atoms with E-state index in [-0.39, 0.29) is 11.9 Å². The van der Waals surface area contributed by atoms with Crippen LogP contribution in [0.2, 0.25) is 0 Å². The SMILES string of the molecule is CC(Nc1ccc(C(=O)N(C)C)nn1)c1ccccc1N. The van der Waals surface area contributed by atoms with Crippen molar-refractivity contribution in [3.05, 3.63) is 47.7 Å². The molecule has 1 heterocycles.